The summed E-state index contributed by atoms with van der Waals surface area (Å²) in [5.41, 5.74) is 8.81. The van der Waals surface area contributed by atoms with Gasteiger partial charge in [-0.3, -0.25) is 19.5 Å². The van der Waals surface area contributed by atoms with E-state index in [1.807, 2.05) is 75.0 Å². The Kier molecular flexibility index (Phi) is 9.47. The van der Waals surface area contributed by atoms with Gasteiger partial charge >= 0.3 is 5.97 Å². The van der Waals surface area contributed by atoms with E-state index in [-0.39, 0.29) is 11.8 Å². The Morgan fingerprint density at radius 3 is 2.71 bits per heavy atom. The molecule has 2 aromatic heterocycles. The van der Waals surface area contributed by atoms with Gasteiger partial charge < -0.3 is 19.9 Å². The van der Waals surface area contributed by atoms with Crippen LogP contribution in [0.25, 0.3) is 23.3 Å². The first-order valence-electron chi connectivity index (χ1n) is 16.0. The van der Waals surface area contributed by atoms with Crippen LogP contribution in [0.2, 0.25) is 5.02 Å². The largest absolute Gasteiger partial charge is 0.481 e. The van der Waals surface area contributed by atoms with Gasteiger partial charge in [-0.15, -0.1) is 0 Å². The van der Waals surface area contributed by atoms with Crippen LogP contribution in [-0.4, -0.2) is 68.0 Å². The zero-order valence-corrected chi connectivity index (χ0v) is 28.3. The van der Waals surface area contributed by atoms with Crippen molar-refractivity contribution in [3.63, 3.8) is 0 Å². The molecule has 0 aliphatic carbocycles. The van der Waals surface area contributed by atoms with Crippen molar-refractivity contribution in [1.82, 2.24) is 24.3 Å². The maximum atomic E-state index is 13.4. The van der Waals surface area contributed by atoms with Gasteiger partial charge in [-0.1, -0.05) is 35.9 Å². The molecule has 48 heavy (non-hydrogen) atoms. The summed E-state index contributed by atoms with van der Waals surface area (Å²) in [4.78, 5) is 38.3. The molecule has 4 heterocycles. The molecule has 1 amide bonds. The Balaban J connectivity index is 1.23. The summed E-state index contributed by atoms with van der Waals surface area (Å²) < 4.78 is 1.89. The number of hydrogen-bond acceptors (Lipinski definition) is 7. The third kappa shape index (κ3) is 6.62. The molecule has 1 saturated heterocycles. The number of carbonyl (C=O) groups excluding carboxylic acids is 1. The van der Waals surface area contributed by atoms with Crippen LogP contribution in [-0.2, 0) is 31.4 Å². The normalized spacial score (nSPS) is 16.6. The minimum Gasteiger partial charge on any atom is -0.481 e. The van der Waals surface area contributed by atoms with E-state index in [0.29, 0.717) is 59.4 Å². The van der Waals surface area contributed by atoms with Gasteiger partial charge in [0.2, 0.25) is 0 Å². The molecular formula is C37H38ClN7O3. The third-order valence-electron chi connectivity index (χ3n) is 9.51. The molecule has 0 spiro atoms. The van der Waals surface area contributed by atoms with Crippen LogP contribution in [0.4, 0.5) is 5.69 Å². The number of pyridine rings is 1. The van der Waals surface area contributed by atoms with Crippen LogP contribution in [0.5, 0.6) is 0 Å². The number of nitrogens with zero attached hydrogens (tertiary/aromatic N) is 6. The van der Waals surface area contributed by atoms with Crippen LogP contribution in [0.15, 0.2) is 42.6 Å². The molecular weight excluding hydrogens is 626 g/mol. The fourth-order valence-electron chi connectivity index (χ4n) is 6.68. The highest BCUT2D eigenvalue weighted by Crippen LogP contribution is 2.33. The SMILES string of the molecule is Cc1cc(/C=C/c2nccc(-c3cccc(NC(=O)c4nc5c(n4C)CCN(C)C5)c3C)c2C#N)c(Cl)cc1CN1CC[C@@H](C(=O)O)C1. The van der Waals surface area contributed by atoms with Gasteiger partial charge in [0.25, 0.3) is 5.91 Å². The Morgan fingerprint density at radius 1 is 1.15 bits per heavy atom. The molecule has 1 fully saturated rings. The first-order chi connectivity index (χ1) is 23.0. The minimum atomic E-state index is -0.747. The number of carbonyl (C=O) groups is 2. The fourth-order valence-corrected chi connectivity index (χ4v) is 6.93. The molecule has 6 rings (SSSR count). The van der Waals surface area contributed by atoms with Gasteiger partial charge in [0.05, 0.1) is 22.9 Å². The number of aliphatic carboxylic acids is 1. The lowest BCUT2D eigenvalue weighted by Crippen LogP contribution is -2.27. The quantitative estimate of drug-likeness (QED) is 0.237. The lowest BCUT2D eigenvalue weighted by atomic mass is 9.94. The molecule has 0 unspecified atom stereocenters. The monoisotopic (exact) mass is 663 g/mol. The molecule has 0 radical (unpaired) electrons. The number of likely N-dealkylation sites (N-methyl/N-ethyl adjacent to an activating group) is 1. The average molecular weight is 664 g/mol. The number of fused-ring (bicyclic) bond motifs is 1. The van der Waals surface area contributed by atoms with Crippen molar-refractivity contribution < 1.29 is 14.7 Å². The second-order valence-electron chi connectivity index (χ2n) is 12.7. The van der Waals surface area contributed by atoms with Gasteiger partial charge in [-0.05, 0) is 86.0 Å². The summed E-state index contributed by atoms with van der Waals surface area (Å²) in [6.45, 7) is 7.50. The van der Waals surface area contributed by atoms with Crippen molar-refractivity contribution in [2.75, 3.05) is 32.0 Å². The predicted molar refractivity (Wildman–Crippen MR) is 186 cm³/mol. The maximum Gasteiger partial charge on any atom is 0.307 e. The number of rotatable bonds is 8. The average Bonchev–Trinajstić information content (AvgIpc) is 3.67. The lowest BCUT2D eigenvalue weighted by molar-refractivity contribution is -0.141. The van der Waals surface area contributed by atoms with Crippen molar-refractivity contribution in [2.45, 2.75) is 39.8 Å². The molecule has 4 aromatic rings. The highest BCUT2D eigenvalue weighted by Gasteiger charge is 2.28. The van der Waals surface area contributed by atoms with Crippen LogP contribution in [0.1, 0.15) is 61.9 Å². The number of nitriles is 1. The van der Waals surface area contributed by atoms with E-state index in [4.69, 9.17) is 11.6 Å². The zero-order valence-electron chi connectivity index (χ0n) is 27.5. The minimum absolute atomic E-state index is 0.281. The van der Waals surface area contributed by atoms with Crippen LogP contribution >= 0.6 is 11.6 Å². The zero-order chi connectivity index (χ0) is 34.1. The van der Waals surface area contributed by atoms with Gasteiger partial charge in [0.15, 0.2) is 5.82 Å². The Labute approximate surface area is 285 Å². The van der Waals surface area contributed by atoms with E-state index in [2.05, 4.69) is 31.2 Å². The van der Waals surface area contributed by atoms with Crippen molar-refractivity contribution in [2.24, 2.45) is 13.0 Å². The number of benzene rings is 2. The number of amides is 1. The van der Waals surface area contributed by atoms with Crippen LogP contribution < -0.4 is 5.32 Å². The summed E-state index contributed by atoms with van der Waals surface area (Å²) in [5.74, 6) is -0.982. The molecule has 2 aromatic carbocycles. The van der Waals surface area contributed by atoms with E-state index in [1.54, 1.807) is 12.3 Å². The standard InChI is InChI=1S/C37H38ClN7O3/c1-22-16-24(30(38)17-26(22)20-45-15-11-25(19-45)37(47)48)8-9-32-29(18-39)28(10-13-40-32)27-6-5-7-31(23(27)2)42-36(46)35-41-33-21-43(3)14-12-34(33)44(35)4/h5-10,13,16-17,25H,11-12,14-15,19-21H2,1-4H3,(H,42,46)(H,47,48)/b9-8+/t25-/m1/s1. The van der Waals surface area contributed by atoms with E-state index in [9.17, 15) is 20.0 Å². The Hall–Kier alpha value is -4.82. The predicted octanol–water partition coefficient (Wildman–Crippen LogP) is 5.94. The molecule has 10 nitrogen and oxygen atoms in total. The maximum absolute atomic E-state index is 13.4. The van der Waals surface area contributed by atoms with Crippen molar-refractivity contribution >= 4 is 41.3 Å². The summed E-state index contributed by atoms with van der Waals surface area (Å²) >= 11 is 6.71. The number of aromatic nitrogens is 3. The van der Waals surface area contributed by atoms with E-state index < -0.39 is 5.97 Å². The van der Waals surface area contributed by atoms with Crippen LogP contribution in [0, 0.1) is 31.1 Å². The number of carboxylic acid groups (broad SMARTS) is 1. The number of imidazole rings is 1. The van der Waals surface area contributed by atoms with Crippen molar-refractivity contribution in [3.8, 4) is 17.2 Å². The van der Waals surface area contributed by atoms with Crippen LogP contribution in [0.3, 0.4) is 0 Å². The molecule has 2 aliphatic heterocycles. The Bertz CT molecular complexity index is 1990. The molecule has 1 atom stereocenters. The van der Waals surface area contributed by atoms with E-state index >= 15 is 0 Å². The van der Waals surface area contributed by atoms with E-state index in [1.165, 1.54) is 0 Å². The van der Waals surface area contributed by atoms with Gasteiger partial charge in [-0.2, -0.15) is 5.26 Å². The highest BCUT2D eigenvalue weighted by atomic mass is 35.5. The molecule has 0 bridgehead atoms. The highest BCUT2D eigenvalue weighted by molar-refractivity contribution is 6.32. The second kappa shape index (κ2) is 13.7. The number of carboxylic acids is 1. The molecule has 0 saturated carbocycles. The number of likely N-dealkylation sites (tertiary alicyclic amines) is 1. The second-order valence-corrected chi connectivity index (χ2v) is 13.1. The topological polar surface area (TPSA) is 127 Å². The van der Waals surface area contributed by atoms with E-state index in [0.717, 1.165) is 58.7 Å². The molecule has 2 N–H and O–H groups in total. The first kappa shape index (κ1) is 33.1. The summed E-state index contributed by atoms with van der Waals surface area (Å²) in [7, 11) is 3.93. The third-order valence-corrected chi connectivity index (χ3v) is 9.83. The Morgan fingerprint density at radius 2 is 1.96 bits per heavy atom. The first-order valence-corrected chi connectivity index (χ1v) is 16.4. The van der Waals surface area contributed by atoms with Crippen molar-refractivity contribution in [1.29, 1.82) is 5.26 Å². The van der Waals surface area contributed by atoms with Gasteiger partial charge in [0.1, 0.15) is 6.07 Å². The number of halogens is 1. The van der Waals surface area contributed by atoms with Crippen molar-refractivity contribution in [3.05, 3.63) is 98.3 Å². The fraction of sp³-hybridized carbons (Fsp3) is 0.324. The number of hydrogen-bond donors (Lipinski definition) is 2. The summed E-state index contributed by atoms with van der Waals surface area (Å²) in [6.07, 6.45) is 6.82. The number of anilines is 1. The summed E-state index contributed by atoms with van der Waals surface area (Å²) in [5, 5.41) is 23.2. The molecule has 246 valence electrons. The molecule has 11 heteroatoms. The number of nitrogens with one attached hydrogen (secondary N) is 1. The molecule has 2 aliphatic rings. The van der Waals surface area contributed by atoms with Gasteiger partial charge in [0, 0.05) is 67.8 Å². The lowest BCUT2D eigenvalue weighted by Gasteiger charge is -2.21. The number of aryl methyl sites for hydroxylation is 1. The summed E-state index contributed by atoms with van der Waals surface area (Å²) in [6, 6.07) is 13.7. The smallest absolute Gasteiger partial charge is 0.307 e. The van der Waals surface area contributed by atoms with Gasteiger partial charge in [-0.25, -0.2) is 4.98 Å².